The van der Waals surface area contributed by atoms with E-state index in [1.807, 2.05) is 5.38 Å². The summed E-state index contributed by atoms with van der Waals surface area (Å²) >= 11 is 1.36. The van der Waals surface area contributed by atoms with E-state index in [2.05, 4.69) is 5.32 Å². The lowest BCUT2D eigenvalue weighted by atomic mass is 9.92. The highest BCUT2D eigenvalue weighted by Crippen LogP contribution is 2.22. The summed E-state index contributed by atoms with van der Waals surface area (Å²) in [4.78, 5) is 23.3. The minimum atomic E-state index is -0.604. The molecular formula is C10H12N2O3S. The summed E-state index contributed by atoms with van der Waals surface area (Å²) in [6, 6.07) is 3.54. The van der Waals surface area contributed by atoms with E-state index in [1.54, 1.807) is 12.1 Å². The molecule has 86 valence electrons. The Balaban J connectivity index is 2.02. The van der Waals surface area contributed by atoms with Gasteiger partial charge in [0.25, 0.3) is 5.91 Å². The zero-order valence-electron chi connectivity index (χ0n) is 8.56. The average molecular weight is 240 g/mol. The van der Waals surface area contributed by atoms with Gasteiger partial charge >= 0.3 is 0 Å². The lowest BCUT2D eigenvalue weighted by Gasteiger charge is -2.41. The molecule has 2 heterocycles. The van der Waals surface area contributed by atoms with E-state index in [4.69, 9.17) is 10.5 Å². The van der Waals surface area contributed by atoms with E-state index in [0.717, 1.165) is 0 Å². The van der Waals surface area contributed by atoms with Crippen LogP contribution in [0.3, 0.4) is 0 Å². The fourth-order valence-electron chi connectivity index (χ4n) is 1.61. The summed E-state index contributed by atoms with van der Waals surface area (Å²) in [5.41, 5.74) is 4.53. The van der Waals surface area contributed by atoms with Gasteiger partial charge in [0.1, 0.15) is 0 Å². The quantitative estimate of drug-likeness (QED) is 0.784. The molecule has 1 aliphatic heterocycles. The number of hydrogen-bond donors (Lipinski definition) is 2. The van der Waals surface area contributed by atoms with Gasteiger partial charge in [-0.25, -0.2) is 0 Å². The third-order valence-corrected chi connectivity index (χ3v) is 3.26. The van der Waals surface area contributed by atoms with Gasteiger partial charge in [0.2, 0.25) is 5.91 Å². The fourth-order valence-corrected chi connectivity index (χ4v) is 2.23. The molecule has 3 N–H and O–H groups in total. The number of nitrogens with two attached hydrogens (primary N) is 1. The number of ether oxygens (including phenoxy) is 1. The Morgan fingerprint density at radius 3 is 2.75 bits per heavy atom. The maximum atomic E-state index is 11.8. The van der Waals surface area contributed by atoms with Crippen LogP contribution in [0.1, 0.15) is 16.1 Å². The summed E-state index contributed by atoms with van der Waals surface area (Å²) in [5.74, 6) is -0.616. The molecule has 5 nitrogen and oxygen atoms in total. The zero-order chi connectivity index (χ0) is 11.6. The number of nitrogens with one attached hydrogen (secondary N) is 1. The van der Waals surface area contributed by atoms with Crippen molar-refractivity contribution in [2.24, 2.45) is 5.73 Å². The van der Waals surface area contributed by atoms with E-state index >= 15 is 0 Å². The number of amides is 2. The average Bonchev–Trinajstić information content (AvgIpc) is 2.66. The van der Waals surface area contributed by atoms with Crippen molar-refractivity contribution in [3.05, 3.63) is 22.4 Å². The highest BCUT2D eigenvalue weighted by molar-refractivity contribution is 7.12. The van der Waals surface area contributed by atoms with Crippen LogP contribution < -0.4 is 11.1 Å². The van der Waals surface area contributed by atoms with Gasteiger partial charge in [-0.05, 0) is 11.4 Å². The highest BCUT2D eigenvalue weighted by Gasteiger charge is 2.41. The van der Waals surface area contributed by atoms with E-state index in [9.17, 15) is 9.59 Å². The van der Waals surface area contributed by atoms with Crippen LogP contribution in [0.4, 0.5) is 0 Å². The molecule has 16 heavy (non-hydrogen) atoms. The van der Waals surface area contributed by atoms with Gasteiger partial charge in [0.05, 0.1) is 30.1 Å². The monoisotopic (exact) mass is 240 g/mol. The van der Waals surface area contributed by atoms with Crippen molar-refractivity contribution in [3.8, 4) is 0 Å². The van der Waals surface area contributed by atoms with E-state index in [0.29, 0.717) is 18.1 Å². The van der Waals surface area contributed by atoms with Crippen LogP contribution in [-0.4, -0.2) is 30.6 Å². The van der Waals surface area contributed by atoms with Crippen molar-refractivity contribution >= 4 is 23.2 Å². The first-order valence-electron chi connectivity index (χ1n) is 4.83. The van der Waals surface area contributed by atoms with Crippen LogP contribution in [0.5, 0.6) is 0 Å². The maximum absolute atomic E-state index is 11.8. The summed E-state index contributed by atoms with van der Waals surface area (Å²) < 4.78 is 5.04. The van der Waals surface area contributed by atoms with Crippen molar-refractivity contribution in [2.75, 3.05) is 13.2 Å². The molecule has 0 saturated carbocycles. The zero-order valence-corrected chi connectivity index (χ0v) is 9.38. The van der Waals surface area contributed by atoms with Crippen LogP contribution in [0.25, 0.3) is 0 Å². The summed E-state index contributed by atoms with van der Waals surface area (Å²) in [6.07, 6.45) is 0.115. The standard InChI is InChI=1S/C10H12N2O3S/c11-8(13)4-10(5-15-6-10)12-9(14)7-2-1-3-16-7/h1-3H,4-6H2,(H2,11,13)(H,12,14). The topological polar surface area (TPSA) is 81.4 Å². The van der Waals surface area contributed by atoms with Crippen molar-refractivity contribution in [3.63, 3.8) is 0 Å². The predicted molar refractivity (Wildman–Crippen MR) is 59.1 cm³/mol. The highest BCUT2D eigenvalue weighted by atomic mass is 32.1. The van der Waals surface area contributed by atoms with E-state index in [-0.39, 0.29) is 12.3 Å². The van der Waals surface area contributed by atoms with E-state index in [1.165, 1.54) is 11.3 Å². The molecule has 0 unspecified atom stereocenters. The molecule has 2 amide bonds. The Kier molecular flexibility index (Phi) is 2.93. The smallest absolute Gasteiger partial charge is 0.261 e. The molecule has 2 rings (SSSR count). The number of carbonyl (C=O) groups is 2. The largest absolute Gasteiger partial charge is 0.376 e. The molecule has 0 radical (unpaired) electrons. The second kappa shape index (κ2) is 4.23. The number of carbonyl (C=O) groups excluding carboxylic acids is 2. The first-order valence-corrected chi connectivity index (χ1v) is 5.71. The van der Waals surface area contributed by atoms with Gasteiger partial charge in [0.15, 0.2) is 0 Å². The second-order valence-electron chi connectivity index (χ2n) is 3.85. The molecule has 0 atom stereocenters. The van der Waals surface area contributed by atoms with Crippen molar-refractivity contribution in [2.45, 2.75) is 12.0 Å². The molecule has 6 heteroatoms. The Hall–Kier alpha value is -1.40. The maximum Gasteiger partial charge on any atom is 0.261 e. The first-order chi connectivity index (χ1) is 7.61. The van der Waals surface area contributed by atoms with E-state index < -0.39 is 11.4 Å². The van der Waals surface area contributed by atoms with Gasteiger partial charge in [0, 0.05) is 0 Å². The molecular weight excluding hydrogens is 228 g/mol. The number of thiophene rings is 1. The molecule has 0 spiro atoms. The minimum Gasteiger partial charge on any atom is -0.376 e. The normalized spacial score (nSPS) is 17.5. The van der Waals surface area contributed by atoms with Crippen LogP contribution in [0.15, 0.2) is 17.5 Å². The number of rotatable bonds is 4. The van der Waals surface area contributed by atoms with Gasteiger partial charge in [-0.3, -0.25) is 9.59 Å². The van der Waals surface area contributed by atoms with Crippen LogP contribution in [-0.2, 0) is 9.53 Å². The molecule has 1 aliphatic rings. The minimum absolute atomic E-state index is 0.115. The molecule has 0 aromatic carbocycles. The van der Waals surface area contributed by atoms with Crippen LogP contribution >= 0.6 is 11.3 Å². The molecule has 0 aliphatic carbocycles. The molecule has 1 aromatic rings. The lowest BCUT2D eigenvalue weighted by molar-refractivity contribution is -0.127. The second-order valence-corrected chi connectivity index (χ2v) is 4.80. The molecule has 1 saturated heterocycles. The third-order valence-electron chi connectivity index (χ3n) is 2.39. The van der Waals surface area contributed by atoms with Crippen LogP contribution in [0, 0.1) is 0 Å². The molecule has 1 fully saturated rings. The molecule has 0 bridgehead atoms. The Morgan fingerprint density at radius 2 is 2.31 bits per heavy atom. The lowest BCUT2D eigenvalue weighted by Crippen LogP contribution is -2.63. The Labute approximate surface area is 96.6 Å². The summed E-state index contributed by atoms with van der Waals surface area (Å²) in [7, 11) is 0. The fraction of sp³-hybridized carbons (Fsp3) is 0.400. The Bertz CT molecular complexity index is 398. The SMILES string of the molecule is NC(=O)CC1(NC(=O)c2cccs2)COC1. The van der Waals surface area contributed by atoms with Gasteiger partial charge < -0.3 is 15.8 Å². The third kappa shape index (κ3) is 2.23. The molecule has 1 aromatic heterocycles. The predicted octanol–water partition coefficient (Wildman–Crippen LogP) is 0.122. The van der Waals surface area contributed by atoms with Crippen molar-refractivity contribution < 1.29 is 14.3 Å². The number of primary amides is 1. The number of hydrogen-bond acceptors (Lipinski definition) is 4. The van der Waals surface area contributed by atoms with Crippen molar-refractivity contribution in [1.82, 2.24) is 5.32 Å². The van der Waals surface area contributed by atoms with Gasteiger partial charge in [-0.1, -0.05) is 6.07 Å². The summed E-state index contributed by atoms with van der Waals surface area (Å²) in [5, 5.41) is 4.64. The summed E-state index contributed by atoms with van der Waals surface area (Å²) in [6.45, 7) is 0.681. The van der Waals surface area contributed by atoms with Crippen LogP contribution in [0.2, 0.25) is 0 Å². The van der Waals surface area contributed by atoms with Gasteiger partial charge in [-0.2, -0.15) is 0 Å². The first kappa shape index (κ1) is 11.1. The Morgan fingerprint density at radius 1 is 1.56 bits per heavy atom. The van der Waals surface area contributed by atoms with Gasteiger partial charge in [-0.15, -0.1) is 11.3 Å². The van der Waals surface area contributed by atoms with Crippen molar-refractivity contribution in [1.29, 1.82) is 0 Å².